The van der Waals surface area contributed by atoms with E-state index in [0.29, 0.717) is 16.9 Å². The number of methoxy groups -OCH3 is 1. The minimum Gasteiger partial charge on any atom is -0.497 e. The lowest BCUT2D eigenvalue weighted by Crippen LogP contribution is -2.59. The van der Waals surface area contributed by atoms with Gasteiger partial charge in [0.05, 0.1) is 31.3 Å². The number of rotatable bonds is 13. The number of carbonyl (C=O) groups excluding carboxylic acids is 2. The number of hydrogen-bond acceptors (Lipinski definition) is 8. The molecule has 0 aromatic heterocycles. The summed E-state index contributed by atoms with van der Waals surface area (Å²) in [6, 6.07) is 17.4. The monoisotopic (exact) mass is 618 g/mol. The van der Waals surface area contributed by atoms with Crippen LogP contribution in [-0.2, 0) is 41.9 Å². The Balaban J connectivity index is 1.63. The van der Waals surface area contributed by atoms with E-state index in [-0.39, 0.29) is 31.3 Å². The van der Waals surface area contributed by atoms with Gasteiger partial charge in [-0.15, -0.1) is 0 Å². The fourth-order valence-corrected chi connectivity index (χ4v) is 5.67. The number of ether oxygens (including phenoxy) is 4. The molecule has 1 unspecified atom stereocenters. The number of carbonyl (C=O) groups is 2. The van der Waals surface area contributed by atoms with Crippen molar-refractivity contribution in [3.05, 3.63) is 96.1 Å². The van der Waals surface area contributed by atoms with Gasteiger partial charge < -0.3 is 24.3 Å². The zero-order valence-corrected chi connectivity index (χ0v) is 24.1. The van der Waals surface area contributed by atoms with E-state index in [0.717, 1.165) is 0 Å². The Morgan fingerprint density at radius 2 is 1.47 bits per heavy atom. The SMILES string of the molecule is COc1ccc(S(=O)(=O)NC(Cc2ccccc2)C(F)(F)C(=O)[C@@H](Cc2ccccc2)NC(=O)OC2COCOC2)cc1. The first-order valence-corrected chi connectivity index (χ1v) is 14.9. The minimum atomic E-state index is -4.53. The van der Waals surface area contributed by atoms with Crippen LogP contribution in [0.2, 0.25) is 0 Å². The molecule has 0 radical (unpaired) electrons. The molecule has 1 heterocycles. The van der Waals surface area contributed by atoms with Crippen LogP contribution in [0.15, 0.2) is 89.8 Å². The maximum Gasteiger partial charge on any atom is 0.408 e. The van der Waals surface area contributed by atoms with Crippen LogP contribution in [0.3, 0.4) is 0 Å². The molecule has 13 heteroatoms. The lowest BCUT2D eigenvalue weighted by atomic mass is 9.92. The van der Waals surface area contributed by atoms with Gasteiger partial charge in [0, 0.05) is 6.42 Å². The second-order valence-electron chi connectivity index (χ2n) is 9.80. The number of nitrogens with one attached hydrogen (secondary N) is 2. The fourth-order valence-electron chi connectivity index (χ4n) is 4.43. The van der Waals surface area contributed by atoms with E-state index in [2.05, 4.69) is 5.32 Å². The summed E-state index contributed by atoms with van der Waals surface area (Å²) in [4.78, 5) is 26.0. The number of alkyl carbamates (subject to hydrolysis) is 1. The van der Waals surface area contributed by atoms with Gasteiger partial charge in [-0.05, 0) is 41.8 Å². The molecule has 230 valence electrons. The Bertz CT molecular complexity index is 1450. The van der Waals surface area contributed by atoms with E-state index >= 15 is 8.78 Å². The standard InChI is InChI=1S/C30H32F2N2O8S/c1-39-23-12-14-25(15-13-23)43(37,38)34-27(17-22-10-6-3-7-11-22)30(31,32)28(35)26(16-21-8-4-2-5-9-21)33-29(36)42-24-18-40-20-41-19-24/h2-15,24,26-27,34H,16-20H2,1H3,(H,33,36)/t26-,27?/m1/s1. The van der Waals surface area contributed by atoms with E-state index in [1.807, 2.05) is 4.72 Å². The van der Waals surface area contributed by atoms with E-state index in [4.69, 9.17) is 18.9 Å². The zero-order chi connectivity index (χ0) is 30.9. The maximum absolute atomic E-state index is 16.3. The Labute approximate surface area is 248 Å². The first-order valence-electron chi connectivity index (χ1n) is 13.4. The van der Waals surface area contributed by atoms with Crippen molar-refractivity contribution in [3.63, 3.8) is 0 Å². The van der Waals surface area contributed by atoms with Crippen LogP contribution in [0.4, 0.5) is 13.6 Å². The molecular formula is C30H32F2N2O8S. The van der Waals surface area contributed by atoms with Crippen LogP contribution in [0.5, 0.6) is 5.75 Å². The number of ketones is 1. The van der Waals surface area contributed by atoms with Crippen LogP contribution >= 0.6 is 0 Å². The molecule has 2 N–H and O–H groups in total. The summed E-state index contributed by atoms with van der Waals surface area (Å²) in [5.41, 5.74) is 0.849. The highest BCUT2D eigenvalue weighted by atomic mass is 32.2. The lowest BCUT2D eigenvalue weighted by Gasteiger charge is -2.30. The molecule has 1 aliphatic rings. The number of benzene rings is 3. The molecule has 0 spiro atoms. The summed E-state index contributed by atoms with van der Waals surface area (Å²) in [5, 5.41) is 2.25. The Hall–Kier alpha value is -3.91. The highest BCUT2D eigenvalue weighted by Crippen LogP contribution is 2.28. The van der Waals surface area contributed by atoms with E-state index in [9.17, 15) is 18.0 Å². The van der Waals surface area contributed by atoms with Crippen molar-refractivity contribution in [1.82, 2.24) is 10.0 Å². The second kappa shape index (κ2) is 14.5. The number of Topliss-reactive ketones (excluding diaryl/α,β-unsaturated/α-hetero) is 1. The van der Waals surface area contributed by atoms with Crippen LogP contribution in [0, 0.1) is 0 Å². The lowest BCUT2D eigenvalue weighted by molar-refractivity contribution is -0.153. The minimum absolute atomic E-state index is 0.0258. The second-order valence-corrected chi connectivity index (χ2v) is 11.5. The van der Waals surface area contributed by atoms with Crippen molar-refractivity contribution in [2.24, 2.45) is 0 Å². The molecule has 3 aromatic rings. The van der Waals surface area contributed by atoms with Gasteiger partial charge >= 0.3 is 12.0 Å². The molecule has 0 aliphatic carbocycles. The first kappa shape index (κ1) is 32.0. The number of amides is 1. The van der Waals surface area contributed by atoms with Gasteiger partial charge in [-0.2, -0.15) is 8.78 Å². The molecule has 10 nitrogen and oxygen atoms in total. The fraction of sp³-hybridized carbons (Fsp3) is 0.333. The number of alkyl halides is 2. The quantitative estimate of drug-likeness (QED) is 0.298. The number of hydrogen-bond donors (Lipinski definition) is 2. The van der Waals surface area contributed by atoms with Gasteiger partial charge in [0.2, 0.25) is 15.8 Å². The molecule has 2 atom stereocenters. The molecule has 0 bridgehead atoms. The summed E-state index contributed by atoms with van der Waals surface area (Å²) in [5.74, 6) is -5.60. The van der Waals surface area contributed by atoms with Crippen molar-refractivity contribution in [1.29, 1.82) is 0 Å². The van der Waals surface area contributed by atoms with Gasteiger partial charge in [-0.25, -0.2) is 17.9 Å². The topological polar surface area (TPSA) is 129 Å². The van der Waals surface area contributed by atoms with Gasteiger partial charge in [0.1, 0.15) is 18.6 Å². The van der Waals surface area contributed by atoms with E-state index < -0.39 is 52.4 Å². The normalized spacial score (nSPS) is 15.7. The maximum atomic E-state index is 16.3. The summed E-state index contributed by atoms with van der Waals surface area (Å²) >= 11 is 0. The molecule has 0 saturated carbocycles. The van der Waals surface area contributed by atoms with Crippen LogP contribution < -0.4 is 14.8 Å². The Morgan fingerprint density at radius 3 is 2.02 bits per heavy atom. The van der Waals surface area contributed by atoms with Crippen LogP contribution in [0.25, 0.3) is 0 Å². The number of halogens is 2. The third-order valence-corrected chi connectivity index (χ3v) is 8.14. The average Bonchev–Trinajstić information content (AvgIpc) is 3.01. The molecule has 1 fully saturated rings. The summed E-state index contributed by atoms with van der Waals surface area (Å²) in [6.45, 7) is 0.0956. The smallest absolute Gasteiger partial charge is 0.408 e. The molecule has 43 heavy (non-hydrogen) atoms. The van der Waals surface area contributed by atoms with Gasteiger partial charge in [0.25, 0.3) is 0 Å². The molecule has 3 aromatic carbocycles. The zero-order valence-electron chi connectivity index (χ0n) is 23.3. The first-order chi connectivity index (χ1) is 20.6. The summed E-state index contributed by atoms with van der Waals surface area (Å²) < 4.78 is 81.5. The third kappa shape index (κ3) is 8.80. The molecule has 1 saturated heterocycles. The van der Waals surface area contributed by atoms with E-state index in [1.165, 1.54) is 31.4 Å². The molecular weight excluding hydrogens is 586 g/mol. The van der Waals surface area contributed by atoms with Gasteiger partial charge in [-0.1, -0.05) is 60.7 Å². The Kier molecular flexibility index (Phi) is 10.8. The largest absolute Gasteiger partial charge is 0.497 e. The summed E-state index contributed by atoms with van der Waals surface area (Å²) in [6.07, 6.45) is -2.74. The molecule has 1 amide bonds. The molecule has 4 rings (SSSR count). The number of sulfonamides is 1. The van der Waals surface area contributed by atoms with Crippen molar-refractivity contribution in [2.45, 2.75) is 41.8 Å². The van der Waals surface area contributed by atoms with Gasteiger partial charge in [0.15, 0.2) is 6.10 Å². The van der Waals surface area contributed by atoms with Crippen LogP contribution in [0.1, 0.15) is 11.1 Å². The highest BCUT2D eigenvalue weighted by molar-refractivity contribution is 7.89. The predicted molar refractivity (Wildman–Crippen MR) is 151 cm³/mol. The van der Waals surface area contributed by atoms with Crippen molar-refractivity contribution >= 4 is 21.9 Å². The Morgan fingerprint density at radius 1 is 0.907 bits per heavy atom. The van der Waals surface area contributed by atoms with Crippen LogP contribution in [-0.4, -0.2) is 71.5 Å². The average molecular weight is 619 g/mol. The predicted octanol–water partition coefficient (Wildman–Crippen LogP) is 3.50. The van der Waals surface area contributed by atoms with E-state index in [1.54, 1.807) is 60.7 Å². The molecule has 1 aliphatic heterocycles. The highest BCUT2D eigenvalue weighted by Gasteiger charge is 2.51. The van der Waals surface area contributed by atoms with Crippen molar-refractivity contribution in [2.75, 3.05) is 27.1 Å². The third-order valence-electron chi connectivity index (χ3n) is 6.66. The van der Waals surface area contributed by atoms with Crippen molar-refractivity contribution in [3.8, 4) is 5.75 Å². The van der Waals surface area contributed by atoms with Crippen molar-refractivity contribution < 1.29 is 45.7 Å². The van der Waals surface area contributed by atoms with Gasteiger partial charge in [-0.3, -0.25) is 4.79 Å². The summed E-state index contributed by atoms with van der Waals surface area (Å²) in [7, 11) is -3.13.